The van der Waals surface area contributed by atoms with E-state index < -0.39 is 0 Å². The number of rotatable bonds is 4. The molecule has 5 heteroatoms. The summed E-state index contributed by atoms with van der Waals surface area (Å²) in [5.74, 6) is 1.19. The van der Waals surface area contributed by atoms with E-state index in [0.29, 0.717) is 51.0 Å². The second-order valence-electron chi connectivity index (χ2n) is 6.29. The summed E-state index contributed by atoms with van der Waals surface area (Å²) in [5.41, 5.74) is 0. The van der Waals surface area contributed by atoms with Crippen molar-refractivity contribution in [1.29, 1.82) is 0 Å². The lowest BCUT2D eigenvalue weighted by molar-refractivity contribution is -0.136. The van der Waals surface area contributed by atoms with E-state index in [1.54, 1.807) is 0 Å². The second-order valence-corrected chi connectivity index (χ2v) is 6.29. The van der Waals surface area contributed by atoms with E-state index in [9.17, 15) is 9.59 Å². The highest BCUT2D eigenvalue weighted by Gasteiger charge is 2.29. The molecule has 2 aliphatic heterocycles. The fourth-order valence-corrected chi connectivity index (χ4v) is 2.89. The summed E-state index contributed by atoms with van der Waals surface area (Å²) in [6, 6.07) is 0. The Hall–Kier alpha value is -1.10. The fourth-order valence-electron chi connectivity index (χ4n) is 2.89. The van der Waals surface area contributed by atoms with E-state index in [4.69, 9.17) is 4.74 Å². The van der Waals surface area contributed by atoms with Crippen molar-refractivity contribution in [3.8, 4) is 0 Å². The normalized spacial score (nSPS) is 23.4. The highest BCUT2D eigenvalue weighted by atomic mass is 16.5. The molecule has 5 nitrogen and oxygen atoms in total. The van der Waals surface area contributed by atoms with Crippen LogP contribution in [0.25, 0.3) is 0 Å². The zero-order valence-electron chi connectivity index (χ0n) is 12.6. The predicted octanol–water partition coefficient (Wildman–Crippen LogP) is 1.13. The second kappa shape index (κ2) is 7.07. The maximum Gasteiger partial charge on any atom is 0.223 e. The van der Waals surface area contributed by atoms with Crippen LogP contribution in [-0.2, 0) is 14.3 Å². The molecule has 0 N–H and O–H groups in total. The molecule has 0 aliphatic carbocycles. The lowest BCUT2D eigenvalue weighted by Crippen LogP contribution is -2.41. The number of likely N-dealkylation sites (tertiary alicyclic amines) is 1. The van der Waals surface area contributed by atoms with Gasteiger partial charge in [0.05, 0.1) is 13.2 Å². The quantitative estimate of drug-likeness (QED) is 0.776. The number of morpholine rings is 1. The summed E-state index contributed by atoms with van der Waals surface area (Å²) >= 11 is 0. The van der Waals surface area contributed by atoms with Crippen LogP contribution in [0, 0.1) is 11.8 Å². The van der Waals surface area contributed by atoms with Crippen LogP contribution in [0.5, 0.6) is 0 Å². The minimum Gasteiger partial charge on any atom is -0.378 e. The Bertz CT molecular complexity index is 351. The Morgan fingerprint density at radius 1 is 1.10 bits per heavy atom. The third kappa shape index (κ3) is 4.20. The van der Waals surface area contributed by atoms with Crippen molar-refractivity contribution in [2.45, 2.75) is 33.1 Å². The average molecular weight is 282 g/mol. The zero-order valence-corrected chi connectivity index (χ0v) is 12.6. The number of nitrogens with zero attached hydrogens (tertiary/aromatic N) is 2. The molecular formula is C15H26N2O3. The summed E-state index contributed by atoms with van der Waals surface area (Å²) in [5, 5.41) is 0. The molecule has 2 aliphatic rings. The largest absolute Gasteiger partial charge is 0.378 e. The van der Waals surface area contributed by atoms with Gasteiger partial charge >= 0.3 is 0 Å². The van der Waals surface area contributed by atoms with E-state index in [1.165, 1.54) is 0 Å². The molecule has 2 saturated heterocycles. The van der Waals surface area contributed by atoms with Crippen molar-refractivity contribution in [2.24, 2.45) is 11.8 Å². The zero-order chi connectivity index (χ0) is 14.5. The van der Waals surface area contributed by atoms with Gasteiger partial charge in [-0.2, -0.15) is 0 Å². The van der Waals surface area contributed by atoms with Crippen molar-refractivity contribution in [3.05, 3.63) is 0 Å². The van der Waals surface area contributed by atoms with Crippen molar-refractivity contribution in [3.63, 3.8) is 0 Å². The maximum atomic E-state index is 12.2. The number of ether oxygens (including phenoxy) is 1. The van der Waals surface area contributed by atoms with Gasteiger partial charge in [0.1, 0.15) is 0 Å². The van der Waals surface area contributed by atoms with Gasteiger partial charge < -0.3 is 14.5 Å². The van der Waals surface area contributed by atoms with Gasteiger partial charge in [0, 0.05) is 39.0 Å². The van der Waals surface area contributed by atoms with Gasteiger partial charge in [0.15, 0.2) is 0 Å². The third-order valence-corrected chi connectivity index (χ3v) is 4.05. The molecule has 2 fully saturated rings. The van der Waals surface area contributed by atoms with Crippen LogP contribution >= 0.6 is 0 Å². The van der Waals surface area contributed by atoms with E-state index in [-0.39, 0.29) is 11.8 Å². The lowest BCUT2D eigenvalue weighted by Gasteiger charge is -2.27. The molecule has 1 unspecified atom stereocenters. The summed E-state index contributed by atoms with van der Waals surface area (Å²) in [4.78, 5) is 28.0. The highest BCUT2D eigenvalue weighted by molar-refractivity contribution is 5.78. The summed E-state index contributed by atoms with van der Waals surface area (Å²) < 4.78 is 5.26. The van der Waals surface area contributed by atoms with E-state index in [1.807, 2.05) is 9.80 Å². The van der Waals surface area contributed by atoms with Gasteiger partial charge in [-0.15, -0.1) is 0 Å². The van der Waals surface area contributed by atoms with Crippen molar-refractivity contribution in [1.82, 2.24) is 9.80 Å². The lowest BCUT2D eigenvalue weighted by atomic mass is 10.0. The van der Waals surface area contributed by atoms with Crippen LogP contribution in [0.4, 0.5) is 0 Å². The molecule has 0 aromatic heterocycles. The Kier molecular flexibility index (Phi) is 5.40. The Morgan fingerprint density at radius 2 is 1.80 bits per heavy atom. The van der Waals surface area contributed by atoms with E-state index >= 15 is 0 Å². The molecule has 2 heterocycles. The molecule has 2 rings (SSSR count). The fraction of sp³-hybridized carbons (Fsp3) is 0.867. The Balaban J connectivity index is 1.75. The van der Waals surface area contributed by atoms with Crippen molar-refractivity contribution >= 4 is 11.8 Å². The van der Waals surface area contributed by atoms with Crippen LogP contribution in [-0.4, -0.2) is 61.0 Å². The van der Waals surface area contributed by atoms with Gasteiger partial charge in [0.25, 0.3) is 0 Å². The first-order chi connectivity index (χ1) is 9.56. The molecule has 0 bridgehead atoms. The number of carbonyl (C=O) groups excluding carboxylic acids is 2. The van der Waals surface area contributed by atoms with Crippen LogP contribution < -0.4 is 0 Å². The number of amides is 2. The van der Waals surface area contributed by atoms with Gasteiger partial charge in [-0.05, 0) is 18.3 Å². The smallest absolute Gasteiger partial charge is 0.223 e. The average Bonchev–Trinajstić information content (AvgIpc) is 2.87. The number of hydrogen-bond donors (Lipinski definition) is 0. The molecule has 114 valence electrons. The van der Waals surface area contributed by atoms with Gasteiger partial charge in [-0.3, -0.25) is 9.59 Å². The topological polar surface area (TPSA) is 49.9 Å². The molecule has 0 saturated carbocycles. The first-order valence-corrected chi connectivity index (χ1v) is 7.69. The molecule has 20 heavy (non-hydrogen) atoms. The summed E-state index contributed by atoms with van der Waals surface area (Å²) in [6.45, 7) is 8.41. The standard InChI is InChI=1S/C15H26N2O3/c1-12(2)9-14(18)17-4-3-13(11-17)10-15(19)16-5-7-20-8-6-16/h12-13H,3-11H2,1-2H3. The summed E-state index contributed by atoms with van der Waals surface area (Å²) in [7, 11) is 0. The van der Waals surface area contributed by atoms with Crippen molar-refractivity contribution in [2.75, 3.05) is 39.4 Å². The van der Waals surface area contributed by atoms with Crippen LogP contribution in [0.15, 0.2) is 0 Å². The molecule has 1 atom stereocenters. The number of hydrogen-bond acceptors (Lipinski definition) is 3. The van der Waals surface area contributed by atoms with Gasteiger partial charge in [0.2, 0.25) is 11.8 Å². The minimum absolute atomic E-state index is 0.219. The molecule has 0 radical (unpaired) electrons. The maximum absolute atomic E-state index is 12.2. The molecule has 0 aromatic rings. The SMILES string of the molecule is CC(C)CC(=O)N1CCC(CC(=O)N2CCOCC2)C1. The number of carbonyl (C=O) groups is 2. The Labute approximate surface area is 121 Å². The van der Waals surface area contributed by atoms with Crippen molar-refractivity contribution < 1.29 is 14.3 Å². The minimum atomic E-state index is 0.219. The molecule has 0 spiro atoms. The monoisotopic (exact) mass is 282 g/mol. The third-order valence-electron chi connectivity index (χ3n) is 4.05. The molecule has 0 aromatic carbocycles. The summed E-state index contributed by atoms with van der Waals surface area (Å²) in [6.07, 6.45) is 2.15. The predicted molar refractivity (Wildman–Crippen MR) is 76.2 cm³/mol. The highest BCUT2D eigenvalue weighted by Crippen LogP contribution is 2.22. The van der Waals surface area contributed by atoms with Crippen LogP contribution in [0.1, 0.15) is 33.1 Å². The van der Waals surface area contributed by atoms with Crippen LogP contribution in [0.3, 0.4) is 0 Å². The first-order valence-electron chi connectivity index (χ1n) is 7.69. The van der Waals surface area contributed by atoms with E-state index in [2.05, 4.69) is 13.8 Å². The molecular weight excluding hydrogens is 256 g/mol. The van der Waals surface area contributed by atoms with E-state index in [0.717, 1.165) is 19.5 Å². The van der Waals surface area contributed by atoms with Crippen LogP contribution in [0.2, 0.25) is 0 Å². The first kappa shape index (κ1) is 15.3. The van der Waals surface area contributed by atoms with Gasteiger partial charge in [-0.25, -0.2) is 0 Å². The van der Waals surface area contributed by atoms with Gasteiger partial charge in [-0.1, -0.05) is 13.8 Å². The molecule has 2 amide bonds. The Morgan fingerprint density at radius 3 is 2.45 bits per heavy atom.